The van der Waals surface area contributed by atoms with Gasteiger partial charge >= 0.3 is 0 Å². The fourth-order valence-corrected chi connectivity index (χ4v) is 3.08. The highest BCUT2D eigenvalue weighted by Gasteiger charge is 2.27. The van der Waals surface area contributed by atoms with Crippen molar-refractivity contribution in [2.24, 2.45) is 5.41 Å². The molecule has 2 nitrogen and oxygen atoms in total. The van der Waals surface area contributed by atoms with Gasteiger partial charge in [-0.2, -0.15) is 0 Å². The Kier molecular flexibility index (Phi) is 5.64. The van der Waals surface area contributed by atoms with Crippen molar-refractivity contribution in [2.45, 2.75) is 52.9 Å². The fraction of sp³-hybridized carbons (Fsp3) is 0.667. The van der Waals surface area contributed by atoms with Crippen molar-refractivity contribution in [3.8, 4) is 5.75 Å². The first-order valence-corrected chi connectivity index (χ1v) is 7.51. The zero-order chi connectivity index (χ0) is 15.4. The van der Waals surface area contributed by atoms with Crippen LogP contribution in [-0.2, 0) is 11.8 Å². The summed E-state index contributed by atoms with van der Waals surface area (Å²) in [6.45, 7) is 12.6. The molecule has 0 saturated heterocycles. The summed E-state index contributed by atoms with van der Waals surface area (Å²) >= 11 is 0. The maximum absolute atomic E-state index is 5.48. The number of methoxy groups -OCH3 is 1. The van der Waals surface area contributed by atoms with Gasteiger partial charge in [-0.1, -0.05) is 46.8 Å². The van der Waals surface area contributed by atoms with E-state index in [1.165, 1.54) is 11.1 Å². The van der Waals surface area contributed by atoms with Gasteiger partial charge in [-0.15, -0.1) is 0 Å². The molecule has 1 aromatic rings. The van der Waals surface area contributed by atoms with E-state index in [0.29, 0.717) is 5.41 Å². The van der Waals surface area contributed by atoms with Gasteiger partial charge < -0.3 is 10.1 Å². The molecule has 0 atom stereocenters. The number of nitrogens with one attached hydrogen (secondary N) is 1. The smallest absolute Gasteiger partial charge is 0.122 e. The van der Waals surface area contributed by atoms with E-state index in [1.54, 1.807) is 7.11 Å². The Balaban J connectivity index is 3.06. The lowest BCUT2D eigenvalue weighted by molar-refractivity contribution is 0.284. The quantitative estimate of drug-likeness (QED) is 0.842. The van der Waals surface area contributed by atoms with Crippen LogP contribution in [0.3, 0.4) is 0 Å². The second-order valence-corrected chi connectivity index (χ2v) is 7.50. The summed E-state index contributed by atoms with van der Waals surface area (Å²) in [6, 6.07) is 6.65. The Morgan fingerprint density at radius 1 is 1.10 bits per heavy atom. The zero-order valence-electron chi connectivity index (χ0n) is 14.3. The van der Waals surface area contributed by atoms with Gasteiger partial charge in [0.25, 0.3) is 0 Å². The number of likely N-dealkylation sites (N-methyl/N-ethyl adjacent to an activating group) is 1. The summed E-state index contributed by atoms with van der Waals surface area (Å²) in [6.07, 6.45) is 2.16. The first-order valence-electron chi connectivity index (χ1n) is 7.51. The molecule has 0 spiro atoms. The van der Waals surface area contributed by atoms with E-state index >= 15 is 0 Å². The zero-order valence-corrected chi connectivity index (χ0v) is 14.3. The molecule has 1 N–H and O–H groups in total. The monoisotopic (exact) mass is 277 g/mol. The minimum absolute atomic E-state index is 0.179. The Hall–Kier alpha value is -1.02. The van der Waals surface area contributed by atoms with Gasteiger partial charge in [-0.25, -0.2) is 0 Å². The summed E-state index contributed by atoms with van der Waals surface area (Å²) in [7, 11) is 3.73. The van der Waals surface area contributed by atoms with E-state index in [9.17, 15) is 0 Å². The predicted octanol–water partition coefficient (Wildman–Crippen LogP) is 4.17. The largest absolute Gasteiger partial charge is 0.496 e. The van der Waals surface area contributed by atoms with Gasteiger partial charge in [-0.3, -0.25) is 0 Å². The Morgan fingerprint density at radius 2 is 1.75 bits per heavy atom. The molecular formula is C18H31NO. The number of rotatable bonds is 6. The second kappa shape index (κ2) is 6.62. The van der Waals surface area contributed by atoms with Gasteiger partial charge in [0.15, 0.2) is 0 Å². The molecule has 0 radical (unpaired) electrons. The Labute approximate surface area is 124 Å². The Bertz CT molecular complexity index is 430. The van der Waals surface area contributed by atoms with Crippen molar-refractivity contribution in [1.29, 1.82) is 0 Å². The van der Waals surface area contributed by atoms with E-state index in [2.05, 4.69) is 58.1 Å². The SMILES string of the molecule is CNCCc1cc(C(C)(C)CC(C)(C)C)ccc1OC. The van der Waals surface area contributed by atoms with Crippen LogP contribution in [0.1, 0.15) is 52.2 Å². The lowest BCUT2D eigenvalue weighted by atomic mass is 9.72. The molecule has 0 aliphatic carbocycles. The van der Waals surface area contributed by atoms with Crippen LogP contribution in [0.5, 0.6) is 5.75 Å². The molecular weight excluding hydrogens is 246 g/mol. The van der Waals surface area contributed by atoms with Crippen molar-refractivity contribution >= 4 is 0 Å². The molecule has 114 valence electrons. The highest BCUT2D eigenvalue weighted by Crippen LogP contribution is 2.37. The molecule has 0 aromatic heterocycles. The first-order chi connectivity index (χ1) is 9.19. The van der Waals surface area contributed by atoms with Gasteiger partial charge in [0.05, 0.1) is 7.11 Å². The Morgan fingerprint density at radius 3 is 2.25 bits per heavy atom. The molecule has 2 heteroatoms. The van der Waals surface area contributed by atoms with E-state index < -0.39 is 0 Å². The topological polar surface area (TPSA) is 21.3 Å². The van der Waals surface area contributed by atoms with E-state index in [0.717, 1.165) is 25.1 Å². The minimum atomic E-state index is 0.179. The van der Waals surface area contributed by atoms with Gasteiger partial charge in [0.2, 0.25) is 0 Å². The van der Waals surface area contributed by atoms with Crippen molar-refractivity contribution in [2.75, 3.05) is 20.7 Å². The number of ether oxygens (including phenoxy) is 1. The summed E-state index contributed by atoms with van der Waals surface area (Å²) in [4.78, 5) is 0. The molecule has 1 aromatic carbocycles. The average molecular weight is 277 g/mol. The molecule has 0 amide bonds. The van der Waals surface area contributed by atoms with Crippen LogP contribution >= 0.6 is 0 Å². The molecule has 0 fully saturated rings. The van der Waals surface area contributed by atoms with Crippen molar-refractivity contribution in [3.05, 3.63) is 29.3 Å². The maximum Gasteiger partial charge on any atom is 0.122 e. The highest BCUT2D eigenvalue weighted by atomic mass is 16.5. The molecule has 20 heavy (non-hydrogen) atoms. The number of hydrogen-bond donors (Lipinski definition) is 1. The normalized spacial score (nSPS) is 12.6. The molecule has 0 saturated carbocycles. The van der Waals surface area contributed by atoms with E-state index in [4.69, 9.17) is 4.74 Å². The first kappa shape index (κ1) is 17.0. The summed E-state index contributed by atoms with van der Waals surface area (Å²) < 4.78 is 5.48. The van der Waals surface area contributed by atoms with Crippen molar-refractivity contribution < 1.29 is 4.74 Å². The van der Waals surface area contributed by atoms with Crippen LogP contribution in [-0.4, -0.2) is 20.7 Å². The highest BCUT2D eigenvalue weighted by molar-refractivity contribution is 5.40. The molecule has 0 unspecified atom stereocenters. The van der Waals surface area contributed by atoms with Crippen LogP contribution in [0.4, 0.5) is 0 Å². The minimum Gasteiger partial charge on any atom is -0.496 e. The van der Waals surface area contributed by atoms with Gasteiger partial charge in [-0.05, 0) is 54.5 Å². The van der Waals surface area contributed by atoms with E-state index in [1.807, 2.05) is 7.05 Å². The standard InChI is InChI=1S/C18H31NO/c1-17(2,3)13-18(4,5)15-8-9-16(20-7)14(12-15)10-11-19-6/h8-9,12,19H,10-11,13H2,1-7H3. The number of benzene rings is 1. The van der Waals surface area contributed by atoms with Gasteiger partial charge in [0, 0.05) is 0 Å². The third kappa shape index (κ3) is 4.82. The van der Waals surface area contributed by atoms with Crippen molar-refractivity contribution in [3.63, 3.8) is 0 Å². The molecule has 0 heterocycles. The molecule has 0 bridgehead atoms. The summed E-state index contributed by atoms with van der Waals surface area (Å²) in [5.41, 5.74) is 3.20. The lowest BCUT2D eigenvalue weighted by Crippen LogP contribution is -2.25. The summed E-state index contributed by atoms with van der Waals surface area (Å²) in [5, 5.41) is 3.21. The molecule has 0 aliphatic rings. The van der Waals surface area contributed by atoms with Crippen LogP contribution in [0, 0.1) is 5.41 Å². The number of hydrogen-bond acceptors (Lipinski definition) is 2. The maximum atomic E-state index is 5.48. The predicted molar refractivity (Wildman–Crippen MR) is 87.7 cm³/mol. The second-order valence-electron chi connectivity index (χ2n) is 7.50. The lowest BCUT2D eigenvalue weighted by Gasteiger charge is -2.33. The van der Waals surface area contributed by atoms with Crippen LogP contribution in [0.15, 0.2) is 18.2 Å². The molecule has 1 rings (SSSR count). The third-order valence-electron chi connectivity index (χ3n) is 3.68. The fourth-order valence-electron chi connectivity index (χ4n) is 3.08. The summed E-state index contributed by atoms with van der Waals surface area (Å²) in [5.74, 6) is 0.996. The van der Waals surface area contributed by atoms with Crippen molar-refractivity contribution in [1.82, 2.24) is 5.32 Å². The average Bonchev–Trinajstić information content (AvgIpc) is 2.33. The van der Waals surface area contributed by atoms with Crippen LogP contribution < -0.4 is 10.1 Å². The third-order valence-corrected chi connectivity index (χ3v) is 3.68. The van der Waals surface area contributed by atoms with E-state index in [-0.39, 0.29) is 5.41 Å². The van der Waals surface area contributed by atoms with Gasteiger partial charge in [0.1, 0.15) is 5.75 Å². The van der Waals surface area contributed by atoms with Crippen LogP contribution in [0.2, 0.25) is 0 Å². The molecule has 0 aliphatic heterocycles. The van der Waals surface area contributed by atoms with Crippen LogP contribution in [0.25, 0.3) is 0 Å².